The summed E-state index contributed by atoms with van der Waals surface area (Å²) in [5, 5.41) is 0. The van der Waals surface area contributed by atoms with Crippen molar-refractivity contribution < 1.29 is 14.3 Å². The van der Waals surface area contributed by atoms with E-state index in [0.717, 1.165) is 4.57 Å². The molecule has 0 unspecified atom stereocenters. The smallest absolute Gasteiger partial charge is 0.409 e. The highest BCUT2D eigenvalue weighted by molar-refractivity contribution is 5.77. The number of nitrogens with one attached hydrogen (secondary N) is 1. The number of rotatable bonds is 4. The van der Waals surface area contributed by atoms with E-state index in [4.69, 9.17) is 4.74 Å². The normalized spacial score (nSPS) is 14.5. The number of aryl methyl sites for hydroxylation is 2. The maximum absolute atomic E-state index is 12.5. The summed E-state index contributed by atoms with van der Waals surface area (Å²) in [5.41, 5.74) is -0.377. The number of fused-ring (bicyclic) bond motifs is 1. The van der Waals surface area contributed by atoms with E-state index in [-0.39, 0.29) is 29.6 Å². The van der Waals surface area contributed by atoms with Gasteiger partial charge < -0.3 is 19.5 Å². The molecule has 3 heterocycles. The molecule has 2 aromatic rings. The van der Waals surface area contributed by atoms with Crippen molar-refractivity contribution in [2.75, 3.05) is 32.8 Å². The van der Waals surface area contributed by atoms with E-state index in [9.17, 15) is 19.2 Å². The van der Waals surface area contributed by atoms with Gasteiger partial charge >= 0.3 is 11.8 Å². The number of carbonyl (C=O) groups excluding carboxylic acids is 2. The Bertz CT molecular complexity index is 1010. The van der Waals surface area contributed by atoms with Gasteiger partial charge in [-0.25, -0.2) is 14.6 Å². The van der Waals surface area contributed by atoms with Crippen LogP contribution >= 0.6 is 0 Å². The minimum absolute atomic E-state index is 0.0502. The largest absolute Gasteiger partial charge is 0.450 e. The fourth-order valence-corrected chi connectivity index (χ4v) is 3.23. The van der Waals surface area contributed by atoms with Crippen molar-refractivity contribution in [2.24, 2.45) is 14.1 Å². The minimum atomic E-state index is -0.453. The van der Waals surface area contributed by atoms with Crippen LogP contribution in [0.25, 0.3) is 11.2 Å². The molecule has 1 N–H and O–H groups in total. The Labute approximate surface area is 160 Å². The number of aromatic amines is 1. The third kappa shape index (κ3) is 3.64. The van der Waals surface area contributed by atoms with Crippen molar-refractivity contribution >= 4 is 23.2 Å². The molecule has 0 atom stereocenters. The van der Waals surface area contributed by atoms with Crippen molar-refractivity contribution in [2.45, 2.75) is 19.8 Å². The lowest BCUT2D eigenvalue weighted by Crippen LogP contribution is -2.50. The van der Waals surface area contributed by atoms with Crippen LogP contribution in [0, 0.1) is 0 Å². The summed E-state index contributed by atoms with van der Waals surface area (Å²) >= 11 is 0. The van der Waals surface area contributed by atoms with E-state index < -0.39 is 11.2 Å². The Morgan fingerprint density at radius 3 is 2.36 bits per heavy atom. The van der Waals surface area contributed by atoms with Crippen molar-refractivity contribution in [1.29, 1.82) is 0 Å². The van der Waals surface area contributed by atoms with E-state index in [2.05, 4.69) is 9.97 Å². The van der Waals surface area contributed by atoms with Gasteiger partial charge in [0, 0.05) is 53.1 Å². The zero-order valence-electron chi connectivity index (χ0n) is 16.2. The number of nitrogens with zero attached hydrogens (tertiary/aromatic N) is 5. The van der Waals surface area contributed by atoms with E-state index in [1.807, 2.05) is 0 Å². The van der Waals surface area contributed by atoms with E-state index >= 15 is 0 Å². The van der Waals surface area contributed by atoms with Crippen molar-refractivity contribution in [1.82, 2.24) is 28.9 Å². The quantitative estimate of drug-likeness (QED) is 0.726. The highest BCUT2D eigenvalue weighted by Gasteiger charge is 2.25. The van der Waals surface area contributed by atoms with Gasteiger partial charge in [-0.05, 0) is 6.92 Å². The summed E-state index contributed by atoms with van der Waals surface area (Å²) in [6.07, 6.45) is 0.181. The highest BCUT2D eigenvalue weighted by Crippen LogP contribution is 2.10. The van der Waals surface area contributed by atoms with Crippen LogP contribution in [0.2, 0.25) is 0 Å². The molecule has 0 bridgehead atoms. The maximum Gasteiger partial charge on any atom is 0.409 e. The zero-order chi connectivity index (χ0) is 20.4. The maximum atomic E-state index is 12.5. The number of piperazine rings is 1. The molecule has 1 aliphatic rings. The summed E-state index contributed by atoms with van der Waals surface area (Å²) < 4.78 is 7.28. The Morgan fingerprint density at radius 1 is 1.07 bits per heavy atom. The first kappa shape index (κ1) is 19.6. The molecule has 28 heavy (non-hydrogen) atoms. The van der Waals surface area contributed by atoms with Gasteiger partial charge in [-0.2, -0.15) is 0 Å². The molecule has 11 nitrogen and oxygen atoms in total. The average molecular weight is 392 g/mol. The first-order valence-electron chi connectivity index (χ1n) is 9.17. The number of amides is 2. The minimum Gasteiger partial charge on any atom is -0.450 e. The van der Waals surface area contributed by atoms with Gasteiger partial charge in [-0.15, -0.1) is 0 Å². The molecule has 1 saturated heterocycles. The molecule has 0 aliphatic carbocycles. The van der Waals surface area contributed by atoms with Gasteiger partial charge in [0.05, 0.1) is 6.61 Å². The van der Waals surface area contributed by atoms with Crippen molar-refractivity contribution in [3.8, 4) is 0 Å². The van der Waals surface area contributed by atoms with Gasteiger partial charge in [-0.1, -0.05) is 0 Å². The second kappa shape index (κ2) is 7.87. The van der Waals surface area contributed by atoms with Crippen LogP contribution in [0.3, 0.4) is 0 Å². The first-order valence-corrected chi connectivity index (χ1v) is 9.17. The van der Waals surface area contributed by atoms with E-state index in [1.165, 1.54) is 11.6 Å². The SMILES string of the molecule is CCOC(=O)N1CCN(C(=O)CCc2nc3c([nH]2)c(=O)n(C)c(=O)n3C)CC1. The monoisotopic (exact) mass is 392 g/mol. The molecule has 0 saturated carbocycles. The molecule has 3 rings (SSSR count). The summed E-state index contributed by atoms with van der Waals surface area (Å²) in [6, 6.07) is 0. The Hall–Kier alpha value is -3.11. The third-order valence-electron chi connectivity index (χ3n) is 4.88. The van der Waals surface area contributed by atoms with Crippen molar-refractivity contribution in [3.63, 3.8) is 0 Å². The summed E-state index contributed by atoms with van der Waals surface area (Å²) in [6.45, 7) is 3.86. The number of H-pyrrole nitrogens is 1. The second-order valence-corrected chi connectivity index (χ2v) is 6.65. The number of hydrogen-bond acceptors (Lipinski definition) is 6. The van der Waals surface area contributed by atoms with Crippen LogP contribution in [-0.4, -0.2) is 73.7 Å². The van der Waals surface area contributed by atoms with Gasteiger partial charge in [-0.3, -0.25) is 18.7 Å². The first-order chi connectivity index (χ1) is 13.3. The molecular weight excluding hydrogens is 368 g/mol. The molecule has 1 fully saturated rings. The van der Waals surface area contributed by atoms with Crippen LogP contribution in [0.1, 0.15) is 19.2 Å². The number of imidazole rings is 1. The van der Waals surface area contributed by atoms with Crippen molar-refractivity contribution in [3.05, 3.63) is 26.7 Å². The number of aromatic nitrogens is 4. The lowest BCUT2D eigenvalue weighted by atomic mass is 10.2. The molecule has 11 heteroatoms. The van der Waals surface area contributed by atoms with Crippen LogP contribution in [-0.2, 0) is 30.0 Å². The van der Waals surface area contributed by atoms with E-state index in [1.54, 1.807) is 23.8 Å². The number of carbonyl (C=O) groups is 2. The Balaban J connectivity index is 1.62. The molecular formula is C17H24N6O5. The van der Waals surface area contributed by atoms with Crippen LogP contribution in [0.15, 0.2) is 9.59 Å². The summed E-state index contributed by atoms with van der Waals surface area (Å²) in [5.74, 6) is 0.428. The Morgan fingerprint density at radius 2 is 1.71 bits per heavy atom. The number of ether oxygens (including phenoxy) is 1. The predicted octanol–water partition coefficient (Wildman–Crippen LogP) is -0.806. The van der Waals surface area contributed by atoms with Gasteiger partial charge in [0.15, 0.2) is 5.65 Å². The van der Waals surface area contributed by atoms with Gasteiger partial charge in [0.1, 0.15) is 11.3 Å². The fourth-order valence-electron chi connectivity index (χ4n) is 3.23. The second-order valence-electron chi connectivity index (χ2n) is 6.65. The highest BCUT2D eigenvalue weighted by atomic mass is 16.6. The van der Waals surface area contributed by atoms with Crippen LogP contribution < -0.4 is 11.2 Å². The average Bonchev–Trinajstić information content (AvgIpc) is 3.13. The molecule has 2 aromatic heterocycles. The number of hydrogen-bond donors (Lipinski definition) is 1. The van der Waals surface area contributed by atoms with Gasteiger partial charge in [0.2, 0.25) is 5.91 Å². The summed E-state index contributed by atoms with van der Waals surface area (Å²) in [4.78, 5) is 58.8. The zero-order valence-corrected chi connectivity index (χ0v) is 16.2. The molecule has 152 valence electrons. The lowest BCUT2D eigenvalue weighted by Gasteiger charge is -2.34. The molecule has 0 radical (unpaired) electrons. The molecule has 2 amide bonds. The summed E-state index contributed by atoms with van der Waals surface area (Å²) in [7, 11) is 2.95. The predicted molar refractivity (Wildman–Crippen MR) is 100 cm³/mol. The fraction of sp³-hybridized carbons (Fsp3) is 0.588. The van der Waals surface area contributed by atoms with Crippen LogP contribution in [0.4, 0.5) is 4.79 Å². The standard InChI is InChI=1S/C17H24N6O5/c1-4-28-17(27)23-9-7-22(8-10-23)12(24)6-5-11-18-13-14(19-11)20(2)16(26)21(3)15(13)25/h4-10H2,1-3H3,(H,18,19). The topological polar surface area (TPSA) is 123 Å². The van der Waals surface area contributed by atoms with E-state index in [0.29, 0.717) is 45.0 Å². The van der Waals surface area contributed by atoms with Crippen LogP contribution in [0.5, 0.6) is 0 Å². The lowest BCUT2D eigenvalue weighted by molar-refractivity contribution is -0.132. The van der Waals surface area contributed by atoms with Gasteiger partial charge in [0.25, 0.3) is 5.56 Å². The molecule has 0 spiro atoms. The molecule has 1 aliphatic heterocycles. The third-order valence-corrected chi connectivity index (χ3v) is 4.88. The molecule has 0 aromatic carbocycles. The Kier molecular flexibility index (Phi) is 5.52.